The number of halogens is 1. The summed E-state index contributed by atoms with van der Waals surface area (Å²) in [6, 6.07) is 5.52. The van der Waals surface area contributed by atoms with Crippen LogP contribution in [0.15, 0.2) is 30.6 Å². The van der Waals surface area contributed by atoms with Gasteiger partial charge in [0.2, 0.25) is 6.29 Å². The van der Waals surface area contributed by atoms with Crippen LogP contribution in [-0.2, 0) is 4.79 Å². The van der Waals surface area contributed by atoms with Crippen molar-refractivity contribution in [2.24, 2.45) is 5.84 Å². The lowest BCUT2D eigenvalue weighted by molar-refractivity contribution is -0.713. The normalized spacial score (nSPS) is 11.4. The highest BCUT2D eigenvalue weighted by Crippen LogP contribution is 1.83. The number of hydrogen-bond acceptors (Lipinski definition) is 3. The zero-order chi connectivity index (χ0) is 8.10. The number of nitrogens with one attached hydrogen (secondary N) is 1. The fraction of sp³-hybridized carbons (Fsp3) is 0.143. The lowest BCUT2D eigenvalue weighted by Gasteiger charge is -2.01. The zero-order valence-corrected chi connectivity index (χ0v) is 7.11. The predicted octanol–water partition coefficient (Wildman–Crippen LogP) is -3.86. The van der Waals surface area contributed by atoms with E-state index in [0.29, 0.717) is 0 Å². The quantitative estimate of drug-likeness (QED) is 0.221. The Morgan fingerprint density at radius 3 is 2.33 bits per heavy atom. The molecule has 1 unspecified atom stereocenters. The molecule has 5 heteroatoms. The van der Waals surface area contributed by atoms with Gasteiger partial charge in [0.1, 0.15) is 0 Å². The number of carbonyl (C=O) groups is 1. The van der Waals surface area contributed by atoms with Crippen LogP contribution in [0.3, 0.4) is 0 Å². The summed E-state index contributed by atoms with van der Waals surface area (Å²) >= 11 is 0. The van der Waals surface area contributed by atoms with Gasteiger partial charge in [0.25, 0.3) is 6.17 Å². The van der Waals surface area contributed by atoms with Crippen LogP contribution in [0.2, 0.25) is 0 Å². The molecule has 0 aromatic carbocycles. The predicted molar refractivity (Wildman–Crippen MR) is 39.1 cm³/mol. The van der Waals surface area contributed by atoms with Gasteiger partial charge in [-0.1, -0.05) is 6.07 Å². The third kappa shape index (κ3) is 2.58. The van der Waals surface area contributed by atoms with Crippen molar-refractivity contribution in [3.8, 4) is 0 Å². The molecule has 1 atom stereocenters. The highest BCUT2D eigenvalue weighted by atomic mass is 35.5. The molecule has 0 aliphatic carbocycles. The molecule has 12 heavy (non-hydrogen) atoms. The van der Waals surface area contributed by atoms with Gasteiger partial charge in [-0.15, -0.1) is 0 Å². The Bertz CT molecular complexity index is 229. The maximum absolute atomic E-state index is 10.4. The molecule has 4 nitrogen and oxygen atoms in total. The molecule has 0 spiro atoms. The van der Waals surface area contributed by atoms with Crippen LogP contribution in [-0.4, -0.2) is 6.29 Å². The minimum absolute atomic E-state index is 0. The largest absolute Gasteiger partial charge is 1.00 e. The molecule has 0 amide bonds. The van der Waals surface area contributed by atoms with Crippen LogP contribution >= 0.6 is 0 Å². The van der Waals surface area contributed by atoms with E-state index in [1.54, 1.807) is 17.0 Å². The van der Waals surface area contributed by atoms with Crippen LogP contribution in [0.4, 0.5) is 0 Å². The summed E-state index contributed by atoms with van der Waals surface area (Å²) in [4.78, 5) is 10.4. The van der Waals surface area contributed by atoms with Gasteiger partial charge in [-0.2, -0.15) is 9.99 Å². The Kier molecular flexibility index (Phi) is 5.19. The third-order valence-corrected chi connectivity index (χ3v) is 1.36. The van der Waals surface area contributed by atoms with Gasteiger partial charge in [0, 0.05) is 12.1 Å². The Hall–Kier alpha value is -0.970. The first-order valence-corrected chi connectivity index (χ1v) is 3.25. The molecular formula is C7H10ClN3O. The summed E-state index contributed by atoms with van der Waals surface area (Å²) in [6.45, 7) is 0. The lowest BCUT2D eigenvalue weighted by Crippen LogP contribution is -3.00. The number of hydrazine groups is 1. The van der Waals surface area contributed by atoms with E-state index in [-0.39, 0.29) is 12.4 Å². The molecule has 1 aromatic heterocycles. The van der Waals surface area contributed by atoms with Gasteiger partial charge in [0.05, 0.1) is 0 Å². The molecule has 0 saturated heterocycles. The minimum atomic E-state index is -0.476. The first-order chi connectivity index (χ1) is 5.38. The molecule has 0 radical (unpaired) electrons. The average molecular weight is 188 g/mol. The van der Waals surface area contributed by atoms with E-state index in [1.165, 1.54) is 0 Å². The molecule has 0 aliphatic rings. The van der Waals surface area contributed by atoms with Crippen molar-refractivity contribution in [2.75, 3.05) is 0 Å². The number of hydrogen-bond donors (Lipinski definition) is 2. The fourth-order valence-electron chi connectivity index (χ4n) is 0.793. The molecule has 0 aliphatic heterocycles. The summed E-state index contributed by atoms with van der Waals surface area (Å²) in [7, 11) is 0. The van der Waals surface area contributed by atoms with Gasteiger partial charge < -0.3 is 12.4 Å². The molecule has 1 aromatic rings. The SMILES string of the molecule is NNC(C=O)[n+]1ccccc1.[Cl-]. The van der Waals surface area contributed by atoms with Crippen molar-refractivity contribution in [2.45, 2.75) is 6.17 Å². The smallest absolute Gasteiger partial charge is 0.280 e. The molecule has 1 heterocycles. The summed E-state index contributed by atoms with van der Waals surface area (Å²) in [6.07, 6.45) is 3.79. The maximum atomic E-state index is 10.4. The highest BCUT2D eigenvalue weighted by molar-refractivity contribution is 5.52. The fourth-order valence-corrected chi connectivity index (χ4v) is 0.793. The average Bonchev–Trinajstić information content (AvgIpc) is 2.09. The summed E-state index contributed by atoms with van der Waals surface area (Å²) in [5.41, 5.74) is 2.36. The topological polar surface area (TPSA) is 59.0 Å². The second-order valence-electron chi connectivity index (χ2n) is 2.07. The number of carbonyl (C=O) groups excluding carboxylic acids is 1. The number of nitrogens with two attached hydrogens (primary N) is 1. The standard InChI is InChI=1S/C7H10N3O.ClH/c8-9-7(6-11)10-4-2-1-3-5-10;/h1-7,9H,8H2;1H/q+1;/p-1. The maximum Gasteiger partial charge on any atom is 0.280 e. The van der Waals surface area contributed by atoms with Gasteiger partial charge in [-0.25, -0.2) is 0 Å². The molecule has 0 saturated carbocycles. The minimum Gasteiger partial charge on any atom is -1.00 e. The van der Waals surface area contributed by atoms with E-state index in [2.05, 4.69) is 5.43 Å². The summed E-state index contributed by atoms with van der Waals surface area (Å²) < 4.78 is 1.67. The van der Waals surface area contributed by atoms with Crippen molar-refractivity contribution in [1.29, 1.82) is 0 Å². The number of rotatable bonds is 3. The first-order valence-electron chi connectivity index (χ1n) is 3.25. The van der Waals surface area contributed by atoms with Crippen molar-refractivity contribution < 1.29 is 21.8 Å². The highest BCUT2D eigenvalue weighted by Gasteiger charge is 2.12. The first kappa shape index (κ1) is 11.0. The summed E-state index contributed by atoms with van der Waals surface area (Å²) in [5, 5.41) is 0. The molecule has 3 N–H and O–H groups in total. The zero-order valence-electron chi connectivity index (χ0n) is 6.35. The van der Waals surface area contributed by atoms with Crippen LogP contribution in [0.5, 0.6) is 0 Å². The van der Waals surface area contributed by atoms with E-state index >= 15 is 0 Å². The Morgan fingerprint density at radius 2 is 1.92 bits per heavy atom. The Balaban J connectivity index is 0.00000121. The van der Waals surface area contributed by atoms with Crippen LogP contribution < -0.4 is 28.2 Å². The second-order valence-corrected chi connectivity index (χ2v) is 2.07. The van der Waals surface area contributed by atoms with Crippen molar-refractivity contribution >= 4 is 6.29 Å². The van der Waals surface area contributed by atoms with Crippen molar-refractivity contribution in [3.63, 3.8) is 0 Å². The number of aromatic nitrogens is 1. The second kappa shape index (κ2) is 5.65. The van der Waals surface area contributed by atoms with Crippen LogP contribution in [0.25, 0.3) is 0 Å². The van der Waals surface area contributed by atoms with Gasteiger partial charge >= 0.3 is 0 Å². The molecule has 1 rings (SSSR count). The van der Waals surface area contributed by atoms with Crippen LogP contribution in [0, 0.1) is 0 Å². The van der Waals surface area contributed by atoms with Gasteiger partial charge in [-0.3, -0.25) is 10.6 Å². The number of nitrogens with zero attached hydrogens (tertiary/aromatic N) is 1. The number of aldehydes is 1. The van der Waals surface area contributed by atoms with E-state index < -0.39 is 6.17 Å². The Labute approximate surface area is 76.8 Å². The van der Waals surface area contributed by atoms with E-state index in [1.807, 2.05) is 18.2 Å². The monoisotopic (exact) mass is 187 g/mol. The Morgan fingerprint density at radius 1 is 1.33 bits per heavy atom. The molecule has 0 fully saturated rings. The molecule has 0 bridgehead atoms. The summed E-state index contributed by atoms with van der Waals surface area (Å²) in [5.74, 6) is 5.11. The van der Waals surface area contributed by atoms with Crippen molar-refractivity contribution in [3.05, 3.63) is 30.6 Å². The van der Waals surface area contributed by atoms with E-state index in [9.17, 15) is 4.79 Å². The molecule has 66 valence electrons. The van der Waals surface area contributed by atoms with Crippen LogP contribution in [0.1, 0.15) is 6.17 Å². The van der Waals surface area contributed by atoms with Crippen molar-refractivity contribution in [1.82, 2.24) is 5.43 Å². The lowest BCUT2D eigenvalue weighted by atomic mass is 10.4. The third-order valence-electron chi connectivity index (χ3n) is 1.36. The van der Waals surface area contributed by atoms with Gasteiger partial charge in [-0.05, 0) is 0 Å². The number of pyridine rings is 1. The van der Waals surface area contributed by atoms with E-state index in [4.69, 9.17) is 5.84 Å². The molecular weight excluding hydrogens is 178 g/mol. The van der Waals surface area contributed by atoms with Gasteiger partial charge in [0.15, 0.2) is 12.4 Å². The van der Waals surface area contributed by atoms with E-state index in [0.717, 1.165) is 6.29 Å².